The molecule has 9 nitrogen and oxygen atoms in total. The molecule has 2 rings (SSSR count). The van der Waals surface area contributed by atoms with Crippen LogP contribution in [0.4, 0.5) is 0 Å². The number of nitrogens with zero attached hydrogens (tertiary/aromatic N) is 3. The molecule has 120 valence electrons. The van der Waals surface area contributed by atoms with Crippen LogP contribution in [0.15, 0.2) is 28.3 Å². The minimum atomic E-state index is -1.26. The summed E-state index contributed by atoms with van der Waals surface area (Å²) >= 11 is 0.926. The van der Waals surface area contributed by atoms with Crippen molar-refractivity contribution in [3.8, 4) is 12.0 Å². The molecule has 0 spiro atoms. The van der Waals surface area contributed by atoms with Gasteiger partial charge in [-0.2, -0.15) is 9.97 Å². The monoisotopic (exact) mass is 337 g/mol. The highest BCUT2D eigenvalue weighted by Gasteiger charge is 2.17. The SMILES string of the molecule is COc1nc(OC)nc(Sc2ccc(C(=O)O)cc2C(=O)O)n1. The Kier molecular flexibility index (Phi) is 4.96. The lowest BCUT2D eigenvalue weighted by molar-refractivity contribution is 0.0693. The predicted octanol–water partition coefficient (Wildman–Crippen LogP) is 1.44. The fraction of sp³-hybridized carbons (Fsp3) is 0.154. The maximum absolute atomic E-state index is 11.3. The Balaban J connectivity index is 2.43. The van der Waals surface area contributed by atoms with Crippen molar-refractivity contribution in [1.82, 2.24) is 15.0 Å². The molecule has 0 amide bonds. The summed E-state index contributed by atoms with van der Waals surface area (Å²) in [7, 11) is 2.74. The van der Waals surface area contributed by atoms with Gasteiger partial charge in [-0.05, 0) is 30.0 Å². The molecule has 1 aromatic carbocycles. The molecule has 0 atom stereocenters. The minimum absolute atomic E-state index is 0.0124. The van der Waals surface area contributed by atoms with E-state index in [0.29, 0.717) is 0 Å². The number of aromatic carboxylic acids is 2. The third-order valence-corrected chi connectivity index (χ3v) is 3.54. The zero-order valence-corrected chi connectivity index (χ0v) is 12.8. The van der Waals surface area contributed by atoms with E-state index >= 15 is 0 Å². The number of carbonyl (C=O) groups is 2. The summed E-state index contributed by atoms with van der Waals surface area (Å²) in [6, 6.07) is 3.77. The maximum atomic E-state index is 11.3. The Morgan fingerprint density at radius 1 is 1.00 bits per heavy atom. The molecule has 0 unspecified atom stereocenters. The van der Waals surface area contributed by atoms with Gasteiger partial charge in [0.2, 0.25) is 5.16 Å². The molecule has 1 aromatic heterocycles. The van der Waals surface area contributed by atoms with Crippen LogP contribution in [0.2, 0.25) is 0 Å². The normalized spacial score (nSPS) is 10.2. The Labute approximate surface area is 134 Å². The molecular formula is C13H11N3O6S. The number of hydrogen-bond acceptors (Lipinski definition) is 8. The Hall–Kier alpha value is -2.88. The van der Waals surface area contributed by atoms with Gasteiger partial charge in [0, 0.05) is 4.90 Å². The van der Waals surface area contributed by atoms with Gasteiger partial charge in [0.05, 0.1) is 25.3 Å². The molecule has 0 fully saturated rings. The van der Waals surface area contributed by atoms with Gasteiger partial charge in [-0.1, -0.05) is 0 Å². The van der Waals surface area contributed by atoms with E-state index in [0.717, 1.165) is 17.8 Å². The molecule has 0 saturated carbocycles. The summed E-state index contributed by atoms with van der Waals surface area (Å²) in [5.74, 6) is -2.48. The van der Waals surface area contributed by atoms with Crippen molar-refractivity contribution in [2.75, 3.05) is 14.2 Å². The number of benzene rings is 1. The highest BCUT2D eigenvalue weighted by atomic mass is 32.2. The van der Waals surface area contributed by atoms with E-state index in [4.69, 9.17) is 14.6 Å². The van der Waals surface area contributed by atoms with Gasteiger partial charge in [-0.3, -0.25) is 0 Å². The van der Waals surface area contributed by atoms with Crippen molar-refractivity contribution in [2.45, 2.75) is 10.1 Å². The predicted molar refractivity (Wildman–Crippen MR) is 77.4 cm³/mol. The number of carboxylic acid groups (broad SMARTS) is 2. The van der Waals surface area contributed by atoms with Crippen LogP contribution in [-0.2, 0) is 0 Å². The quantitative estimate of drug-likeness (QED) is 0.797. The standard InChI is InChI=1S/C13H11N3O6S/c1-21-11-14-12(22-2)16-13(15-11)23-8-4-3-6(9(17)18)5-7(8)10(19)20/h3-5H,1-2H3,(H,17,18)(H,19,20). The topological polar surface area (TPSA) is 132 Å². The van der Waals surface area contributed by atoms with E-state index in [1.807, 2.05) is 0 Å². The third-order valence-electron chi connectivity index (χ3n) is 2.60. The molecule has 0 radical (unpaired) electrons. The lowest BCUT2D eigenvalue weighted by Gasteiger charge is -2.07. The largest absolute Gasteiger partial charge is 0.478 e. The van der Waals surface area contributed by atoms with Gasteiger partial charge in [0.1, 0.15) is 0 Å². The molecule has 10 heteroatoms. The fourth-order valence-electron chi connectivity index (χ4n) is 1.57. The van der Waals surface area contributed by atoms with Crippen molar-refractivity contribution in [1.29, 1.82) is 0 Å². The van der Waals surface area contributed by atoms with Crippen LogP contribution in [0, 0.1) is 0 Å². The highest BCUT2D eigenvalue weighted by molar-refractivity contribution is 7.99. The van der Waals surface area contributed by atoms with Crippen molar-refractivity contribution >= 4 is 23.7 Å². The van der Waals surface area contributed by atoms with Crippen molar-refractivity contribution in [2.24, 2.45) is 0 Å². The number of hydrogen-bond donors (Lipinski definition) is 2. The molecule has 1 heterocycles. The average Bonchev–Trinajstić information content (AvgIpc) is 2.54. The van der Waals surface area contributed by atoms with E-state index in [-0.39, 0.29) is 33.2 Å². The molecule has 0 aliphatic rings. The Morgan fingerprint density at radius 2 is 1.61 bits per heavy atom. The molecule has 0 bridgehead atoms. The number of carboxylic acids is 2. The molecule has 0 saturated heterocycles. The first-order chi connectivity index (χ1) is 10.9. The first-order valence-corrected chi connectivity index (χ1v) is 6.88. The molecule has 23 heavy (non-hydrogen) atoms. The first-order valence-electron chi connectivity index (χ1n) is 6.07. The first kappa shape index (κ1) is 16.5. The number of rotatable bonds is 6. The molecule has 0 aliphatic carbocycles. The van der Waals surface area contributed by atoms with Crippen LogP contribution in [0.3, 0.4) is 0 Å². The molecule has 0 aliphatic heterocycles. The van der Waals surface area contributed by atoms with Gasteiger partial charge in [-0.25, -0.2) is 9.59 Å². The van der Waals surface area contributed by atoms with Crippen molar-refractivity contribution in [3.63, 3.8) is 0 Å². The van der Waals surface area contributed by atoms with E-state index in [1.54, 1.807) is 0 Å². The second-order valence-corrected chi connectivity index (χ2v) is 5.02. The van der Waals surface area contributed by atoms with Crippen molar-refractivity contribution < 1.29 is 29.3 Å². The summed E-state index contributed by atoms with van der Waals surface area (Å²) < 4.78 is 9.83. The van der Waals surface area contributed by atoms with E-state index < -0.39 is 11.9 Å². The Bertz CT molecular complexity index is 745. The number of methoxy groups -OCH3 is 2. The van der Waals surface area contributed by atoms with Gasteiger partial charge < -0.3 is 19.7 Å². The van der Waals surface area contributed by atoms with E-state index in [2.05, 4.69) is 15.0 Å². The second kappa shape index (κ2) is 6.92. The van der Waals surface area contributed by atoms with Crippen LogP contribution < -0.4 is 9.47 Å². The smallest absolute Gasteiger partial charge is 0.336 e. The van der Waals surface area contributed by atoms with Crippen molar-refractivity contribution in [3.05, 3.63) is 29.3 Å². The van der Waals surface area contributed by atoms with Crippen LogP contribution in [-0.4, -0.2) is 51.3 Å². The fourth-order valence-corrected chi connectivity index (χ4v) is 2.40. The summed E-state index contributed by atoms with van der Waals surface area (Å²) in [6.07, 6.45) is 0. The molecule has 2 aromatic rings. The molecule has 2 N–H and O–H groups in total. The van der Waals surface area contributed by atoms with Crippen LogP contribution in [0.5, 0.6) is 12.0 Å². The van der Waals surface area contributed by atoms with Gasteiger partial charge >= 0.3 is 24.0 Å². The number of ether oxygens (including phenoxy) is 2. The molecular weight excluding hydrogens is 326 g/mol. The van der Waals surface area contributed by atoms with Crippen LogP contribution in [0.1, 0.15) is 20.7 Å². The van der Waals surface area contributed by atoms with Crippen LogP contribution >= 0.6 is 11.8 Å². The summed E-state index contributed by atoms with van der Waals surface area (Å²) in [6.45, 7) is 0. The lowest BCUT2D eigenvalue weighted by atomic mass is 10.1. The zero-order chi connectivity index (χ0) is 17.0. The van der Waals surface area contributed by atoms with Gasteiger partial charge in [0.15, 0.2) is 0 Å². The minimum Gasteiger partial charge on any atom is -0.478 e. The third kappa shape index (κ3) is 3.86. The van der Waals surface area contributed by atoms with Gasteiger partial charge in [0.25, 0.3) is 0 Å². The van der Waals surface area contributed by atoms with E-state index in [1.165, 1.54) is 26.4 Å². The zero-order valence-electron chi connectivity index (χ0n) is 12.0. The average molecular weight is 337 g/mol. The summed E-state index contributed by atoms with van der Waals surface area (Å²) in [5, 5.41) is 18.3. The van der Waals surface area contributed by atoms with Gasteiger partial charge in [-0.15, -0.1) is 4.98 Å². The Morgan fingerprint density at radius 3 is 2.09 bits per heavy atom. The lowest BCUT2D eigenvalue weighted by Crippen LogP contribution is -2.05. The van der Waals surface area contributed by atoms with Crippen LogP contribution in [0.25, 0.3) is 0 Å². The summed E-state index contributed by atoms with van der Waals surface area (Å²) in [4.78, 5) is 34.3. The number of aromatic nitrogens is 3. The second-order valence-electron chi connectivity index (χ2n) is 4.01. The summed E-state index contributed by atoms with van der Waals surface area (Å²) in [5.41, 5.74) is -0.300. The maximum Gasteiger partial charge on any atom is 0.336 e. The van der Waals surface area contributed by atoms with E-state index in [9.17, 15) is 14.7 Å². The highest BCUT2D eigenvalue weighted by Crippen LogP contribution is 2.30.